The summed E-state index contributed by atoms with van der Waals surface area (Å²) in [6.45, 7) is -0.101. The van der Waals surface area contributed by atoms with Gasteiger partial charge < -0.3 is 15.0 Å². The molecule has 0 saturated carbocycles. The first kappa shape index (κ1) is 20.5. The highest BCUT2D eigenvalue weighted by Crippen LogP contribution is 2.36. The van der Waals surface area contributed by atoms with Crippen molar-refractivity contribution >= 4 is 27.8 Å². The predicted molar refractivity (Wildman–Crippen MR) is 80.3 cm³/mol. The normalized spacial score (nSPS) is 16.7. The minimum absolute atomic E-state index is 0.0504. The maximum absolute atomic E-state index is 12.4. The number of carbonyl (C=O) groups excluding carboxylic acids is 1. The van der Waals surface area contributed by atoms with E-state index in [0.717, 1.165) is 4.90 Å². The van der Waals surface area contributed by atoms with Gasteiger partial charge in [0.05, 0.1) is 0 Å². The van der Waals surface area contributed by atoms with E-state index in [1.54, 1.807) is 6.07 Å². The number of amides is 1. The second-order valence-electron chi connectivity index (χ2n) is 5.46. The Morgan fingerprint density at radius 1 is 1.23 bits per heavy atom. The quantitative estimate of drug-likeness (QED) is 0.561. The molecular weight excluding hydrogens is 438 g/mol. The summed E-state index contributed by atoms with van der Waals surface area (Å²) in [4.78, 5) is 20.4. The molecule has 26 heavy (non-hydrogen) atoms. The molecule has 0 bridgehead atoms. The van der Waals surface area contributed by atoms with Crippen molar-refractivity contribution in [3.8, 4) is 0 Å². The number of hydrogen-bond acceptors (Lipinski definition) is 5. The molecule has 1 aliphatic heterocycles. The van der Waals surface area contributed by atoms with Gasteiger partial charge in [0, 0.05) is 25.3 Å². The lowest BCUT2D eigenvalue weighted by atomic mass is 10.1. The standard InChI is InChI=1S/C13H13BrF6N4O2/c14-10-21-4-1-8(23-10)22-7-2-5-24(6-3-7)11(25)26-9(12(15,16)17)13(18,19)20/h1,4,7,9H,2-3,5-6H2,(H,21,22,23). The first-order valence-electron chi connectivity index (χ1n) is 7.31. The number of likely N-dealkylation sites (tertiary alicyclic amines) is 1. The van der Waals surface area contributed by atoms with Gasteiger partial charge in [-0.3, -0.25) is 0 Å². The summed E-state index contributed by atoms with van der Waals surface area (Å²) in [5, 5.41) is 3.05. The Morgan fingerprint density at radius 3 is 2.31 bits per heavy atom. The highest BCUT2D eigenvalue weighted by atomic mass is 79.9. The second-order valence-corrected chi connectivity index (χ2v) is 6.17. The lowest BCUT2D eigenvalue weighted by Gasteiger charge is -2.33. The SMILES string of the molecule is O=C(OC(C(F)(F)F)C(F)(F)F)N1CCC(Nc2ccnc(Br)n2)CC1. The predicted octanol–water partition coefficient (Wildman–Crippen LogP) is 3.75. The zero-order valence-corrected chi connectivity index (χ0v) is 14.5. The van der Waals surface area contributed by atoms with Gasteiger partial charge in [-0.15, -0.1) is 0 Å². The van der Waals surface area contributed by atoms with Crippen LogP contribution in [-0.2, 0) is 4.74 Å². The number of nitrogens with zero attached hydrogens (tertiary/aromatic N) is 3. The van der Waals surface area contributed by atoms with Gasteiger partial charge >= 0.3 is 18.4 Å². The number of ether oxygens (including phenoxy) is 1. The molecule has 1 saturated heterocycles. The summed E-state index contributed by atoms with van der Waals surface area (Å²) in [5.41, 5.74) is 0. The average molecular weight is 451 g/mol. The summed E-state index contributed by atoms with van der Waals surface area (Å²) in [6, 6.07) is 1.45. The molecule has 2 rings (SSSR count). The number of alkyl halides is 6. The Hall–Kier alpha value is -1.79. The van der Waals surface area contributed by atoms with Crippen molar-refractivity contribution in [1.29, 1.82) is 0 Å². The summed E-state index contributed by atoms with van der Waals surface area (Å²) in [5.74, 6) is 0.502. The van der Waals surface area contributed by atoms with Crippen molar-refractivity contribution in [1.82, 2.24) is 14.9 Å². The number of nitrogens with one attached hydrogen (secondary N) is 1. The molecule has 6 nitrogen and oxygen atoms in total. The summed E-state index contributed by atoms with van der Waals surface area (Å²) < 4.78 is 78.7. The van der Waals surface area contributed by atoms with E-state index in [1.165, 1.54) is 6.20 Å². The van der Waals surface area contributed by atoms with Crippen LogP contribution in [0.1, 0.15) is 12.8 Å². The fourth-order valence-electron chi connectivity index (χ4n) is 2.33. The number of rotatable bonds is 3. The molecule has 0 aromatic carbocycles. The smallest absolute Gasteiger partial charge is 0.426 e. The Bertz CT molecular complexity index is 620. The van der Waals surface area contributed by atoms with E-state index in [1.807, 2.05) is 0 Å². The van der Waals surface area contributed by atoms with Crippen molar-refractivity contribution in [3.05, 3.63) is 17.0 Å². The van der Waals surface area contributed by atoms with E-state index in [-0.39, 0.29) is 19.1 Å². The number of halogens is 7. The third kappa shape index (κ3) is 5.61. The molecule has 0 spiro atoms. The van der Waals surface area contributed by atoms with Crippen LogP contribution >= 0.6 is 15.9 Å². The van der Waals surface area contributed by atoms with Gasteiger partial charge in [-0.05, 0) is 34.8 Å². The fourth-order valence-corrected chi connectivity index (χ4v) is 2.63. The van der Waals surface area contributed by atoms with Gasteiger partial charge in [0.25, 0.3) is 6.10 Å². The second kappa shape index (κ2) is 7.84. The van der Waals surface area contributed by atoms with E-state index in [2.05, 4.69) is 36.0 Å². The van der Waals surface area contributed by atoms with Gasteiger partial charge in [0.1, 0.15) is 5.82 Å². The fraction of sp³-hybridized carbons (Fsp3) is 0.615. The monoisotopic (exact) mass is 450 g/mol. The Morgan fingerprint density at radius 2 is 1.81 bits per heavy atom. The number of piperidine rings is 1. The Kier molecular flexibility index (Phi) is 6.19. The van der Waals surface area contributed by atoms with E-state index >= 15 is 0 Å². The van der Waals surface area contributed by atoms with Gasteiger partial charge in [-0.1, -0.05) is 0 Å². The maximum atomic E-state index is 12.4. The zero-order chi connectivity index (χ0) is 19.5. The highest BCUT2D eigenvalue weighted by Gasteiger charge is 2.60. The van der Waals surface area contributed by atoms with Crippen LogP contribution in [0.2, 0.25) is 0 Å². The van der Waals surface area contributed by atoms with Crippen LogP contribution in [0.3, 0.4) is 0 Å². The van der Waals surface area contributed by atoms with E-state index in [9.17, 15) is 31.1 Å². The summed E-state index contributed by atoms with van der Waals surface area (Å²) in [7, 11) is 0. The van der Waals surface area contributed by atoms with Crippen molar-refractivity contribution in [3.63, 3.8) is 0 Å². The minimum atomic E-state index is -5.73. The molecule has 1 amide bonds. The lowest BCUT2D eigenvalue weighted by Crippen LogP contribution is -2.50. The van der Waals surface area contributed by atoms with E-state index in [0.29, 0.717) is 23.4 Å². The lowest BCUT2D eigenvalue weighted by molar-refractivity contribution is -0.308. The van der Waals surface area contributed by atoms with Gasteiger partial charge in [0.2, 0.25) is 0 Å². The van der Waals surface area contributed by atoms with Crippen LogP contribution in [0, 0.1) is 0 Å². The van der Waals surface area contributed by atoms with Crippen LogP contribution in [0.4, 0.5) is 37.0 Å². The molecular formula is C13H13BrF6N4O2. The van der Waals surface area contributed by atoms with Crippen molar-refractivity contribution in [2.45, 2.75) is 37.3 Å². The highest BCUT2D eigenvalue weighted by molar-refractivity contribution is 9.10. The van der Waals surface area contributed by atoms with Gasteiger partial charge in [0.15, 0.2) is 4.73 Å². The molecule has 1 N–H and O–H groups in total. The van der Waals surface area contributed by atoms with Crippen LogP contribution in [-0.4, -0.2) is 58.5 Å². The first-order chi connectivity index (χ1) is 12.0. The number of aromatic nitrogens is 2. The molecule has 0 radical (unpaired) electrons. The van der Waals surface area contributed by atoms with Crippen LogP contribution in [0.5, 0.6) is 0 Å². The Labute approximate surface area is 152 Å². The molecule has 13 heteroatoms. The molecule has 0 unspecified atom stereocenters. The maximum Gasteiger partial charge on any atom is 0.434 e. The molecule has 146 valence electrons. The summed E-state index contributed by atoms with van der Waals surface area (Å²) in [6.07, 6.45) is -15.1. The van der Waals surface area contributed by atoms with Crippen molar-refractivity contribution in [2.75, 3.05) is 18.4 Å². The van der Waals surface area contributed by atoms with Crippen molar-refractivity contribution in [2.24, 2.45) is 0 Å². The molecule has 1 aromatic rings. The third-order valence-electron chi connectivity index (χ3n) is 3.54. The van der Waals surface area contributed by atoms with Crippen LogP contribution in [0.25, 0.3) is 0 Å². The molecule has 1 fully saturated rings. The molecule has 2 heterocycles. The van der Waals surface area contributed by atoms with Crippen molar-refractivity contribution < 1.29 is 35.9 Å². The van der Waals surface area contributed by atoms with Gasteiger partial charge in [-0.2, -0.15) is 26.3 Å². The number of anilines is 1. The Balaban J connectivity index is 1.89. The van der Waals surface area contributed by atoms with Crippen LogP contribution in [0.15, 0.2) is 17.0 Å². The average Bonchev–Trinajstić information content (AvgIpc) is 2.51. The molecule has 1 aliphatic rings. The molecule has 1 aromatic heterocycles. The third-order valence-corrected chi connectivity index (χ3v) is 3.93. The number of carbonyl (C=O) groups is 1. The largest absolute Gasteiger partial charge is 0.434 e. The molecule has 0 atom stereocenters. The van der Waals surface area contributed by atoms with Gasteiger partial charge in [-0.25, -0.2) is 14.8 Å². The van der Waals surface area contributed by atoms with Crippen LogP contribution < -0.4 is 5.32 Å². The zero-order valence-electron chi connectivity index (χ0n) is 12.9. The minimum Gasteiger partial charge on any atom is -0.426 e. The topological polar surface area (TPSA) is 67.3 Å². The summed E-state index contributed by atoms with van der Waals surface area (Å²) >= 11 is 3.09. The van der Waals surface area contributed by atoms with E-state index in [4.69, 9.17) is 0 Å². The van der Waals surface area contributed by atoms with E-state index < -0.39 is 24.5 Å². The first-order valence-corrected chi connectivity index (χ1v) is 8.10. The number of hydrogen-bond donors (Lipinski definition) is 1. The molecule has 0 aliphatic carbocycles.